The molecule has 4 aromatic rings. The third kappa shape index (κ3) is 2.92. The Morgan fingerprint density at radius 1 is 1.07 bits per heavy atom. The Balaban J connectivity index is 1.59. The number of halogens is 1. The molecule has 1 aliphatic rings. The molecule has 0 amide bonds. The van der Waals surface area contributed by atoms with Gasteiger partial charge in [0, 0.05) is 10.7 Å². The van der Waals surface area contributed by atoms with Gasteiger partial charge in [-0.1, -0.05) is 29.8 Å². The average molecular weight is 390 g/mol. The van der Waals surface area contributed by atoms with Crippen molar-refractivity contribution < 1.29 is 0 Å². The van der Waals surface area contributed by atoms with Crippen molar-refractivity contribution in [1.82, 2.24) is 19.7 Å². The number of aryl methyl sites for hydroxylation is 2. The van der Waals surface area contributed by atoms with Crippen LogP contribution in [0.3, 0.4) is 0 Å². The van der Waals surface area contributed by atoms with E-state index in [0.717, 1.165) is 46.6 Å². The van der Waals surface area contributed by atoms with Gasteiger partial charge in [0.1, 0.15) is 12.1 Å². The second kappa shape index (κ2) is 6.91. The molecule has 0 fully saturated rings. The Morgan fingerprint density at radius 2 is 1.96 bits per heavy atom. The van der Waals surface area contributed by atoms with Crippen LogP contribution in [0.4, 0.5) is 11.5 Å². The third-order valence-electron chi connectivity index (χ3n) is 5.41. The van der Waals surface area contributed by atoms with Crippen LogP contribution in [0.25, 0.3) is 16.7 Å². The van der Waals surface area contributed by atoms with Crippen LogP contribution in [-0.4, -0.2) is 19.7 Å². The lowest BCUT2D eigenvalue weighted by atomic mass is 9.90. The average Bonchev–Trinajstić information content (AvgIpc) is 3.15. The zero-order valence-electron chi connectivity index (χ0n) is 15.6. The molecule has 0 saturated heterocycles. The molecule has 0 unspecified atom stereocenters. The van der Waals surface area contributed by atoms with E-state index in [9.17, 15) is 0 Å². The van der Waals surface area contributed by atoms with Crippen molar-refractivity contribution in [2.24, 2.45) is 0 Å². The van der Waals surface area contributed by atoms with E-state index in [2.05, 4.69) is 38.6 Å². The highest BCUT2D eigenvalue weighted by Crippen LogP contribution is 2.32. The maximum absolute atomic E-state index is 6.20. The lowest BCUT2D eigenvalue weighted by Crippen LogP contribution is -2.07. The number of benzene rings is 2. The van der Waals surface area contributed by atoms with Crippen LogP contribution in [0.5, 0.6) is 0 Å². The first-order valence-electron chi connectivity index (χ1n) is 9.54. The molecule has 5 rings (SSSR count). The number of hydrogen-bond acceptors (Lipinski definition) is 4. The number of fused-ring (bicyclic) bond motifs is 2. The SMILES string of the molecule is Cc1ccc(Cl)cc1-n1ncc2c(Nc3cccc4c3CCCC4)ncnc21. The first-order valence-corrected chi connectivity index (χ1v) is 9.91. The van der Waals surface area contributed by atoms with E-state index in [1.165, 1.54) is 24.0 Å². The second-order valence-electron chi connectivity index (χ2n) is 7.22. The topological polar surface area (TPSA) is 55.6 Å². The lowest BCUT2D eigenvalue weighted by Gasteiger charge is -2.20. The third-order valence-corrected chi connectivity index (χ3v) is 5.65. The van der Waals surface area contributed by atoms with E-state index in [1.54, 1.807) is 6.33 Å². The maximum Gasteiger partial charge on any atom is 0.168 e. The molecule has 140 valence electrons. The number of nitrogens with one attached hydrogen (secondary N) is 1. The van der Waals surface area contributed by atoms with Gasteiger partial charge in [0.15, 0.2) is 5.65 Å². The lowest BCUT2D eigenvalue weighted by molar-refractivity contribution is 0.687. The molecule has 5 nitrogen and oxygen atoms in total. The largest absolute Gasteiger partial charge is 0.339 e. The normalized spacial score (nSPS) is 13.5. The zero-order valence-corrected chi connectivity index (χ0v) is 16.4. The molecule has 2 heterocycles. The minimum atomic E-state index is 0.674. The minimum absolute atomic E-state index is 0.674. The van der Waals surface area contributed by atoms with E-state index in [4.69, 9.17) is 11.6 Å². The number of aromatic nitrogens is 4. The van der Waals surface area contributed by atoms with Crippen molar-refractivity contribution in [3.63, 3.8) is 0 Å². The maximum atomic E-state index is 6.20. The van der Waals surface area contributed by atoms with Crippen molar-refractivity contribution in [1.29, 1.82) is 0 Å². The van der Waals surface area contributed by atoms with Gasteiger partial charge in [-0.15, -0.1) is 0 Å². The van der Waals surface area contributed by atoms with Gasteiger partial charge in [0.05, 0.1) is 17.3 Å². The quantitative estimate of drug-likeness (QED) is 0.509. The summed E-state index contributed by atoms with van der Waals surface area (Å²) in [6.45, 7) is 2.04. The molecule has 2 aromatic heterocycles. The van der Waals surface area contributed by atoms with Crippen LogP contribution < -0.4 is 5.32 Å². The number of hydrogen-bond donors (Lipinski definition) is 1. The molecule has 0 atom stereocenters. The highest BCUT2D eigenvalue weighted by Gasteiger charge is 2.16. The monoisotopic (exact) mass is 389 g/mol. The Kier molecular flexibility index (Phi) is 4.24. The molecular weight excluding hydrogens is 370 g/mol. The second-order valence-corrected chi connectivity index (χ2v) is 7.66. The highest BCUT2D eigenvalue weighted by molar-refractivity contribution is 6.30. The number of nitrogens with zero attached hydrogens (tertiary/aromatic N) is 4. The summed E-state index contributed by atoms with van der Waals surface area (Å²) in [5.41, 5.74) is 6.73. The number of rotatable bonds is 3. The molecule has 0 spiro atoms. The van der Waals surface area contributed by atoms with E-state index >= 15 is 0 Å². The fourth-order valence-corrected chi connectivity index (χ4v) is 4.12. The molecule has 2 aromatic carbocycles. The molecule has 0 aliphatic heterocycles. The molecule has 1 N–H and O–H groups in total. The van der Waals surface area contributed by atoms with Gasteiger partial charge >= 0.3 is 0 Å². The summed E-state index contributed by atoms with van der Waals surface area (Å²) in [6, 6.07) is 12.3. The van der Waals surface area contributed by atoms with Gasteiger partial charge in [0.25, 0.3) is 0 Å². The summed E-state index contributed by atoms with van der Waals surface area (Å²) in [6.07, 6.45) is 8.14. The Morgan fingerprint density at radius 3 is 2.89 bits per heavy atom. The first kappa shape index (κ1) is 17.2. The minimum Gasteiger partial charge on any atom is -0.339 e. The fourth-order valence-electron chi connectivity index (χ4n) is 3.96. The van der Waals surface area contributed by atoms with Gasteiger partial charge in [-0.25, -0.2) is 14.6 Å². The Labute approximate surface area is 168 Å². The molecule has 1 aliphatic carbocycles. The van der Waals surface area contributed by atoms with E-state index in [-0.39, 0.29) is 0 Å². The summed E-state index contributed by atoms with van der Waals surface area (Å²) in [4.78, 5) is 8.98. The highest BCUT2D eigenvalue weighted by atomic mass is 35.5. The predicted molar refractivity (Wildman–Crippen MR) is 113 cm³/mol. The Bertz CT molecular complexity index is 1180. The van der Waals surface area contributed by atoms with Crippen LogP contribution in [-0.2, 0) is 12.8 Å². The van der Waals surface area contributed by atoms with Crippen LogP contribution in [0.15, 0.2) is 48.9 Å². The van der Waals surface area contributed by atoms with Crippen molar-refractivity contribution in [3.05, 3.63) is 70.6 Å². The van der Waals surface area contributed by atoms with Gasteiger partial charge < -0.3 is 5.32 Å². The van der Waals surface area contributed by atoms with Crippen molar-refractivity contribution >= 4 is 34.1 Å². The van der Waals surface area contributed by atoms with E-state index in [0.29, 0.717) is 5.02 Å². The molecule has 0 bridgehead atoms. The van der Waals surface area contributed by atoms with Crippen LogP contribution >= 0.6 is 11.6 Å². The summed E-state index contributed by atoms with van der Waals surface area (Å²) in [5.74, 6) is 0.773. The van der Waals surface area contributed by atoms with Gasteiger partial charge in [-0.2, -0.15) is 5.10 Å². The molecular formula is C22H20ClN5. The van der Waals surface area contributed by atoms with E-state index in [1.807, 2.05) is 36.0 Å². The van der Waals surface area contributed by atoms with Crippen LogP contribution in [0.1, 0.15) is 29.5 Å². The summed E-state index contributed by atoms with van der Waals surface area (Å²) >= 11 is 6.20. The first-order chi connectivity index (χ1) is 13.7. The molecule has 0 saturated carbocycles. The number of anilines is 2. The molecule has 6 heteroatoms. The predicted octanol–water partition coefficient (Wildman–Crippen LogP) is 5.40. The van der Waals surface area contributed by atoms with Gasteiger partial charge in [0.2, 0.25) is 0 Å². The van der Waals surface area contributed by atoms with Crippen molar-refractivity contribution in [2.45, 2.75) is 32.6 Å². The zero-order chi connectivity index (χ0) is 19.1. The van der Waals surface area contributed by atoms with Crippen molar-refractivity contribution in [2.75, 3.05) is 5.32 Å². The smallest absolute Gasteiger partial charge is 0.168 e. The van der Waals surface area contributed by atoms with Gasteiger partial charge in [-0.05, 0) is 67.5 Å². The molecule has 28 heavy (non-hydrogen) atoms. The summed E-state index contributed by atoms with van der Waals surface area (Å²) in [7, 11) is 0. The van der Waals surface area contributed by atoms with Crippen LogP contribution in [0, 0.1) is 6.92 Å². The fraction of sp³-hybridized carbons (Fsp3) is 0.227. The van der Waals surface area contributed by atoms with E-state index < -0.39 is 0 Å². The summed E-state index contributed by atoms with van der Waals surface area (Å²) in [5, 5.41) is 9.67. The summed E-state index contributed by atoms with van der Waals surface area (Å²) < 4.78 is 1.82. The Hall–Kier alpha value is -2.92. The standard InChI is InChI=1S/C22H20ClN5/c1-14-9-10-16(23)11-20(14)28-22-18(12-26-28)21(24-13-25-22)27-19-8-4-6-15-5-2-3-7-17(15)19/h4,6,8-13H,2-3,5,7H2,1H3,(H,24,25,27). The molecule has 0 radical (unpaired) electrons. The van der Waals surface area contributed by atoms with Gasteiger partial charge in [-0.3, -0.25) is 0 Å². The van der Waals surface area contributed by atoms with Crippen molar-refractivity contribution in [3.8, 4) is 5.69 Å². The van der Waals surface area contributed by atoms with Crippen LogP contribution in [0.2, 0.25) is 5.02 Å².